The van der Waals surface area contributed by atoms with Crippen molar-refractivity contribution in [2.45, 2.75) is 16.2 Å². The van der Waals surface area contributed by atoms with Crippen LogP contribution >= 0.6 is 11.8 Å². The summed E-state index contributed by atoms with van der Waals surface area (Å²) in [5.74, 6) is -1.23. The molecule has 0 fully saturated rings. The molecule has 28 heavy (non-hydrogen) atoms. The highest BCUT2D eigenvalue weighted by molar-refractivity contribution is 8.13. The van der Waals surface area contributed by atoms with E-state index in [1.165, 1.54) is 18.5 Å². The number of nitrogens with zero attached hydrogens (tertiary/aromatic N) is 2. The Hall–Kier alpha value is -2.17. The lowest BCUT2D eigenvalue weighted by Crippen LogP contribution is -2.46. The number of sulfonamides is 1. The Bertz CT molecular complexity index is 1020. The number of benzene rings is 1. The van der Waals surface area contributed by atoms with Crippen molar-refractivity contribution >= 4 is 27.4 Å². The van der Waals surface area contributed by atoms with Gasteiger partial charge in [0, 0.05) is 17.7 Å². The zero-order chi connectivity index (χ0) is 20.6. The van der Waals surface area contributed by atoms with Gasteiger partial charge < -0.3 is 0 Å². The molecule has 1 heterocycles. The highest BCUT2D eigenvalue weighted by Crippen LogP contribution is 2.55. The van der Waals surface area contributed by atoms with Gasteiger partial charge in [0.25, 0.3) is 0 Å². The van der Waals surface area contributed by atoms with E-state index in [-0.39, 0.29) is 11.3 Å². The molecule has 3 rings (SSSR count). The summed E-state index contributed by atoms with van der Waals surface area (Å²) in [4.78, 5) is 7.73. The van der Waals surface area contributed by atoms with Crippen LogP contribution in [0.3, 0.4) is 0 Å². The number of aromatic nitrogens is 2. The van der Waals surface area contributed by atoms with Gasteiger partial charge in [0.1, 0.15) is 6.33 Å². The summed E-state index contributed by atoms with van der Waals surface area (Å²) in [7, 11) is -4.31. The molecular formula is C18H16F3N3O2S2. The molecule has 1 aromatic carbocycles. The number of nitrogens with two attached hydrogens (primary N) is 1. The molecule has 0 spiro atoms. The van der Waals surface area contributed by atoms with Crippen LogP contribution < -0.4 is 5.14 Å². The maximum atomic E-state index is 13.9. The second kappa shape index (κ2) is 7.34. The number of primary sulfonamides is 1. The smallest absolute Gasteiger partial charge is 0.245 e. The molecule has 0 amide bonds. The summed E-state index contributed by atoms with van der Waals surface area (Å²) in [6.07, 6.45) is 1.01. The second-order valence-electron chi connectivity index (χ2n) is 6.07. The lowest BCUT2D eigenvalue weighted by atomic mass is 9.79. The molecule has 0 bridgehead atoms. The minimum absolute atomic E-state index is 0.0115. The van der Waals surface area contributed by atoms with E-state index in [1.807, 2.05) is 0 Å². The predicted molar refractivity (Wildman–Crippen MR) is 103 cm³/mol. The molecule has 10 heteroatoms. The van der Waals surface area contributed by atoms with Gasteiger partial charge in [-0.05, 0) is 17.9 Å². The van der Waals surface area contributed by atoms with Crippen LogP contribution in [0.4, 0.5) is 13.2 Å². The summed E-state index contributed by atoms with van der Waals surface area (Å²) < 4.78 is 65.1. The highest BCUT2D eigenvalue weighted by Gasteiger charge is 2.54. The number of thioether (sulfide) groups is 1. The minimum Gasteiger partial charge on any atom is -0.245 e. The second-order valence-corrected chi connectivity index (χ2v) is 9.18. The summed E-state index contributed by atoms with van der Waals surface area (Å²) >= 11 is 0.869. The van der Waals surface area contributed by atoms with Gasteiger partial charge in [-0.3, -0.25) is 0 Å². The fourth-order valence-corrected chi connectivity index (χ4v) is 5.79. The van der Waals surface area contributed by atoms with Crippen molar-refractivity contribution in [3.8, 4) is 0 Å². The van der Waals surface area contributed by atoms with E-state index in [1.54, 1.807) is 30.3 Å². The number of hydrogen-bond acceptors (Lipinski definition) is 5. The number of hydrogen-bond donors (Lipinski definition) is 1. The van der Waals surface area contributed by atoms with E-state index in [2.05, 4.69) is 9.97 Å². The number of halogens is 3. The molecule has 0 saturated carbocycles. The minimum atomic E-state index is -4.72. The molecule has 1 aliphatic carbocycles. The van der Waals surface area contributed by atoms with Crippen molar-refractivity contribution in [1.82, 2.24) is 9.97 Å². The lowest BCUT2D eigenvalue weighted by Gasteiger charge is -2.40. The Morgan fingerprint density at radius 1 is 1.18 bits per heavy atom. The van der Waals surface area contributed by atoms with Crippen molar-refractivity contribution < 1.29 is 21.6 Å². The average molecular weight is 427 g/mol. The molecule has 148 valence electrons. The number of rotatable bonds is 4. The van der Waals surface area contributed by atoms with Gasteiger partial charge in [-0.25, -0.2) is 23.5 Å². The van der Waals surface area contributed by atoms with E-state index in [0.717, 1.165) is 30.2 Å². The van der Waals surface area contributed by atoms with Crippen LogP contribution in [0, 0.1) is 0 Å². The third-order valence-electron chi connectivity index (χ3n) is 4.52. The van der Waals surface area contributed by atoms with E-state index in [4.69, 9.17) is 5.14 Å². The molecular weight excluding hydrogens is 411 g/mol. The van der Waals surface area contributed by atoms with Gasteiger partial charge in [0.15, 0.2) is 4.08 Å². The summed E-state index contributed by atoms with van der Waals surface area (Å²) in [6, 6.07) is 9.44. The van der Waals surface area contributed by atoms with Crippen molar-refractivity contribution in [3.63, 3.8) is 0 Å². The zero-order valence-electron chi connectivity index (χ0n) is 14.6. The van der Waals surface area contributed by atoms with E-state index in [9.17, 15) is 21.6 Å². The van der Waals surface area contributed by atoms with Crippen LogP contribution in [0.25, 0.3) is 5.57 Å². The van der Waals surface area contributed by atoms with Crippen molar-refractivity contribution in [3.05, 3.63) is 77.9 Å². The highest BCUT2D eigenvalue weighted by atomic mass is 32.3. The largest absolute Gasteiger partial charge is 0.416 e. The Morgan fingerprint density at radius 3 is 2.36 bits per heavy atom. The average Bonchev–Trinajstić information content (AvgIpc) is 2.66. The third-order valence-corrected chi connectivity index (χ3v) is 7.99. The first-order valence-electron chi connectivity index (χ1n) is 8.01. The predicted octanol–water partition coefficient (Wildman–Crippen LogP) is 3.49. The topological polar surface area (TPSA) is 85.9 Å². The van der Waals surface area contributed by atoms with Crippen LogP contribution in [0.2, 0.25) is 0 Å². The fourth-order valence-electron chi connectivity index (χ4n) is 3.33. The molecule has 1 aliphatic rings. The molecule has 0 saturated heterocycles. The van der Waals surface area contributed by atoms with Gasteiger partial charge in [0.05, 0.1) is 11.3 Å². The van der Waals surface area contributed by atoms with Crippen LogP contribution in [0.15, 0.2) is 66.6 Å². The molecule has 2 aromatic rings. The SMILES string of the molecule is CSC1(S(N)(=O)=O)C=CC(C(F)(F)F)=C(c2ccncn2)C1c1ccccc1. The molecule has 0 radical (unpaired) electrons. The van der Waals surface area contributed by atoms with Crippen LogP contribution in [0.1, 0.15) is 17.2 Å². The Labute approximate surface area is 164 Å². The molecule has 5 nitrogen and oxygen atoms in total. The van der Waals surface area contributed by atoms with Crippen molar-refractivity contribution in [1.29, 1.82) is 0 Å². The van der Waals surface area contributed by atoms with E-state index in [0.29, 0.717) is 5.56 Å². The lowest BCUT2D eigenvalue weighted by molar-refractivity contribution is -0.0880. The Kier molecular flexibility index (Phi) is 5.39. The number of alkyl halides is 3. The quantitative estimate of drug-likeness (QED) is 0.807. The molecule has 2 atom stereocenters. The van der Waals surface area contributed by atoms with Crippen LogP contribution in [-0.4, -0.2) is 34.9 Å². The first-order chi connectivity index (χ1) is 13.1. The van der Waals surface area contributed by atoms with Gasteiger partial charge in [-0.2, -0.15) is 13.2 Å². The maximum Gasteiger partial charge on any atom is 0.416 e. The fraction of sp³-hybridized carbons (Fsp3) is 0.222. The summed E-state index contributed by atoms with van der Waals surface area (Å²) in [6.45, 7) is 0. The number of allylic oxidation sites excluding steroid dienone is 3. The third kappa shape index (κ3) is 3.47. The molecule has 2 N–H and O–H groups in total. The van der Waals surface area contributed by atoms with Gasteiger partial charge in [-0.15, -0.1) is 11.8 Å². The monoisotopic (exact) mass is 427 g/mol. The normalized spacial score (nSPS) is 23.1. The van der Waals surface area contributed by atoms with Crippen molar-refractivity contribution in [2.75, 3.05) is 6.26 Å². The van der Waals surface area contributed by atoms with Gasteiger partial charge in [0.2, 0.25) is 10.0 Å². The Balaban J connectivity index is 2.44. The summed E-state index contributed by atoms with van der Waals surface area (Å²) in [5.41, 5.74) is -0.853. The van der Waals surface area contributed by atoms with Crippen LogP contribution in [-0.2, 0) is 10.0 Å². The first kappa shape index (κ1) is 20.6. The molecule has 0 aliphatic heterocycles. The van der Waals surface area contributed by atoms with Crippen molar-refractivity contribution in [2.24, 2.45) is 5.14 Å². The van der Waals surface area contributed by atoms with E-state index >= 15 is 0 Å². The van der Waals surface area contributed by atoms with Crippen LogP contribution in [0.5, 0.6) is 0 Å². The van der Waals surface area contributed by atoms with E-state index < -0.39 is 31.8 Å². The van der Waals surface area contributed by atoms with Gasteiger partial charge in [-0.1, -0.05) is 42.5 Å². The summed E-state index contributed by atoms with van der Waals surface area (Å²) in [5, 5.41) is 5.54. The molecule has 2 unspecified atom stereocenters. The Morgan fingerprint density at radius 2 is 1.86 bits per heavy atom. The maximum absolute atomic E-state index is 13.9. The first-order valence-corrected chi connectivity index (χ1v) is 10.8. The zero-order valence-corrected chi connectivity index (χ0v) is 16.2. The standard InChI is InChI=1S/C18H16F3N3O2S2/c1-27-17(28(22,25)26)9-7-13(18(19,20)21)15(14-8-10-23-11-24-14)16(17)12-5-3-2-4-6-12/h2-11,16H,1H3,(H2,22,25,26). The molecule has 1 aromatic heterocycles. The van der Waals surface area contributed by atoms with Gasteiger partial charge >= 0.3 is 6.18 Å².